The van der Waals surface area contributed by atoms with Gasteiger partial charge in [-0.15, -0.1) is 5.10 Å². The van der Waals surface area contributed by atoms with Crippen molar-refractivity contribution in [3.63, 3.8) is 0 Å². The molecule has 4 nitrogen and oxygen atoms in total. The van der Waals surface area contributed by atoms with Gasteiger partial charge in [0.15, 0.2) is 12.4 Å². The number of nitrogen functional groups attached to an aromatic ring is 1. The molecule has 1 heterocycles. The summed E-state index contributed by atoms with van der Waals surface area (Å²) in [6.45, 7) is -1.20. The molecule has 11 heavy (non-hydrogen) atoms. The third-order valence-corrected chi connectivity index (χ3v) is 0.875. The van der Waals surface area contributed by atoms with Gasteiger partial charge in [-0.2, -0.15) is 23.1 Å². The number of hydrogen-bond donors (Lipinski definition) is 1. The molecule has 0 saturated carbocycles. The van der Waals surface area contributed by atoms with E-state index in [2.05, 4.69) is 10.2 Å². The SMILES string of the molecule is Nc1cnn(CC(F)(F)F)n1. The Morgan fingerprint density at radius 3 is 2.55 bits per heavy atom. The molecular weight excluding hydrogens is 161 g/mol. The number of hydrogen-bond acceptors (Lipinski definition) is 3. The molecule has 0 fully saturated rings. The average Bonchev–Trinajstić information content (AvgIpc) is 2.10. The van der Waals surface area contributed by atoms with Crippen molar-refractivity contribution >= 4 is 5.82 Å². The van der Waals surface area contributed by atoms with Gasteiger partial charge >= 0.3 is 6.18 Å². The van der Waals surface area contributed by atoms with Crippen molar-refractivity contribution in [3.05, 3.63) is 6.20 Å². The summed E-state index contributed by atoms with van der Waals surface area (Å²) in [6.07, 6.45) is -3.24. The quantitative estimate of drug-likeness (QED) is 0.657. The van der Waals surface area contributed by atoms with Crippen molar-refractivity contribution in [1.82, 2.24) is 15.0 Å². The number of alkyl halides is 3. The molecular formula is C4H5F3N4. The highest BCUT2D eigenvalue weighted by molar-refractivity contribution is 5.19. The zero-order valence-corrected chi connectivity index (χ0v) is 5.34. The number of aromatic nitrogens is 3. The molecule has 0 amide bonds. The van der Waals surface area contributed by atoms with E-state index in [4.69, 9.17) is 5.73 Å². The summed E-state index contributed by atoms with van der Waals surface area (Å²) >= 11 is 0. The summed E-state index contributed by atoms with van der Waals surface area (Å²) < 4.78 is 34.8. The van der Waals surface area contributed by atoms with Crippen LogP contribution in [0.3, 0.4) is 0 Å². The van der Waals surface area contributed by atoms with Gasteiger partial charge in [0.1, 0.15) is 0 Å². The topological polar surface area (TPSA) is 56.7 Å². The minimum absolute atomic E-state index is 0.0192. The molecule has 0 atom stereocenters. The first-order valence-electron chi connectivity index (χ1n) is 2.70. The number of rotatable bonds is 1. The first-order valence-corrected chi connectivity index (χ1v) is 2.70. The van der Waals surface area contributed by atoms with Crippen LogP contribution < -0.4 is 5.73 Å². The third kappa shape index (κ3) is 2.44. The maximum Gasteiger partial charge on any atom is 0.409 e. The first kappa shape index (κ1) is 7.83. The summed E-state index contributed by atoms with van der Waals surface area (Å²) in [4.78, 5) is 0.495. The molecule has 0 radical (unpaired) electrons. The Kier molecular flexibility index (Phi) is 1.71. The Morgan fingerprint density at radius 1 is 1.55 bits per heavy atom. The van der Waals surface area contributed by atoms with Gasteiger partial charge in [0.05, 0.1) is 6.20 Å². The summed E-state index contributed by atoms with van der Waals surface area (Å²) in [6, 6.07) is 0. The van der Waals surface area contributed by atoms with E-state index >= 15 is 0 Å². The second-order valence-electron chi connectivity index (χ2n) is 1.92. The van der Waals surface area contributed by atoms with Gasteiger partial charge in [-0.1, -0.05) is 0 Å². The van der Waals surface area contributed by atoms with Crippen LogP contribution >= 0.6 is 0 Å². The Labute approximate surface area is 59.8 Å². The third-order valence-electron chi connectivity index (χ3n) is 0.875. The maximum atomic E-state index is 11.6. The minimum Gasteiger partial charge on any atom is -0.381 e. The molecule has 0 aliphatic heterocycles. The molecule has 0 spiro atoms. The fourth-order valence-electron chi connectivity index (χ4n) is 0.547. The first-order chi connectivity index (χ1) is 4.97. The van der Waals surface area contributed by atoms with E-state index in [0.29, 0.717) is 4.80 Å². The molecule has 0 saturated heterocycles. The lowest BCUT2D eigenvalue weighted by Crippen LogP contribution is -2.19. The van der Waals surface area contributed by atoms with Gasteiger partial charge in [0.25, 0.3) is 0 Å². The van der Waals surface area contributed by atoms with Crippen LogP contribution in [0.4, 0.5) is 19.0 Å². The predicted molar refractivity (Wildman–Crippen MR) is 30.5 cm³/mol. The summed E-state index contributed by atoms with van der Waals surface area (Å²) in [5.74, 6) is -0.0192. The van der Waals surface area contributed by atoms with E-state index in [1.165, 1.54) is 0 Å². The van der Waals surface area contributed by atoms with Gasteiger partial charge in [-0.05, 0) is 0 Å². The van der Waals surface area contributed by atoms with Crippen LogP contribution in [0, 0.1) is 0 Å². The lowest BCUT2D eigenvalue weighted by atomic mass is 10.7. The zero-order chi connectivity index (χ0) is 8.48. The Morgan fingerprint density at radius 2 is 2.18 bits per heavy atom. The van der Waals surface area contributed by atoms with Gasteiger partial charge in [0.2, 0.25) is 0 Å². The van der Waals surface area contributed by atoms with Crippen LogP contribution in [0.1, 0.15) is 0 Å². The predicted octanol–water partition coefficient (Wildman–Crippen LogP) is 0.423. The monoisotopic (exact) mass is 166 g/mol. The van der Waals surface area contributed by atoms with Gasteiger partial charge in [-0.3, -0.25) is 0 Å². The van der Waals surface area contributed by atoms with E-state index in [1.807, 2.05) is 0 Å². The van der Waals surface area contributed by atoms with E-state index < -0.39 is 12.7 Å². The lowest BCUT2D eigenvalue weighted by molar-refractivity contribution is -0.144. The standard InChI is InChI=1S/C4H5F3N4/c5-4(6,7)2-11-9-1-3(8)10-11/h1H,2H2,(H2,8,10). The molecule has 2 N–H and O–H groups in total. The molecule has 0 bridgehead atoms. The van der Waals surface area contributed by atoms with Gasteiger partial charge < -0.3 is 5.73 Å². The molecule has 0 aromatic carbocycles. The Hall–Kier alpha value is -1.27. The van der Waals surface area contributed by atoms with Crippen molar-refractivity contribution in [2.45, 2.75) is 12.7 Å². The number of halogens is 3. The summed E-state index contributed by atoms with van der Waals surface area (Å²) in [7, 11) is 0. The average molecular weight is 166 g/mol. The van der Waals surface area contributed by atoms with Crippen LogP contribution in [-0.2, 0) is 6.54 Å². The van der Waals surface area contributed by atoms with Crippen molar-refractivity contribution in [2.24, 2.45) is 0 Å². The molecule has 7 heteroatoms. The molecule has 0 aliphatic rings. The van der Waals surface area contributed by atoms with Crippen LogP contribution in [0.25, 0.3) is 0 Å². The number of nitrogens with zero attached hydrogens (tertiary/aromatic N) is 3. The second-order valence-corrected chi connectivity index (χ2v) is 1.92. The molecule has 1 rings (SSSR count). The van der Waals surface area contributed by atoms with E-state index in [9.17, 15) is 13.2 Å². The highest BCUT2D eigenvalue weighted by Gasteiger charge is 2.28. The second kappa shape index (κ2) is 2.40. The summed E-state index contributed by atoms with van der Waals surface area (Å²) in [5.41, 5.74) is 5.04. The highest BCUT2D eigenvalue weighted by atomic mass is 19.4. The van der Waals surface area contributed by atoms with E-state index in [1.54, 1.807) is 0 Å². The number of anilines is 1. The zero-order valence-electron chi connectivity index (χ0n) is 5.34. The Balaban J connectivity index is 2.65. The van der Waals surface area contributed by atoms with Crippen molar-refractivity contribution in [1.29, 1.82) is 0 Å². The maximum absolute atomic E-state index is 11.6. The van der Waals surface area contributed by atoms with Crippen LogP contribution in [0.5, 0.6) is 0 Å². The largest absolute Gasteiger partial charge is 0.409 e. The van der Waals surface area contributed by atoms with E-state index in [-0.39, 0.29) is 5.82 Å². The molecule has 1 aromatic rings. The van der Waals surface area contributed by atoms with E-state index in [0.717, 1.165) is 6.20 Å². The van der Waals surface area contributed by atoms with Crippen LogP contribution in [-0.4, -0.2) is 21.2 Å². The smallest absolute Gasteiger partial charge is 0.381 e. The van der Waals surface area contributed by atoms with Crippen molar-refractivity contribution in [3.8, 4) is 0 Å². The van der Waals surface area contributed by atoms with Crippen LogP contribution in [0.15, 0.2) is 6.20 Å². The van der Waals surface area contributed by atoms with Gasteiger partial charge in [-0.25, -0.2) is 0 Å². The highest BCUT2D eigenvalue weighted by Crippen LogP contribution is 2.16. The normalized spacial score (nSPS) is 11.9. The van der Waals surface area contributed by atoms with Crippen molar-refractivity contribution in [2.75, 3.05) is 5.73 Å². The van der Waals surface area contributed by atoms with Crippen LogP contribution in [0.2, 0.25) is 0 Å². The lowest BCUT2D eigenvalue weighted by Gasteiger charge is -2.03. The fourth-order valence-corrected chi connectivity index (χ4v) is 0.547. The minimum atomic E-state index is -4.30. The van der Waals surface area contributed by atoms with Gasteiger partial charge in [0, 0.05) is 0 Å². The molecule has 62 valence electrons. The van der Waals surface area contributed by atoms with Crippen molar-refractivity contribution < 1.29 is 13.2 Å². The number of nitrogens with two attached hydrogens (primary N) is 1. The Bertz CT molecular complexity index is 240. The molecule has 0 unspecified atom stereocenters. The molecule has 1 aromatic heterocycles. The molecule has 0 aliphatic carbocycles. The summed E-state index contributed by atoms with van der Waals surface area (Å²) in [5, 5.41) is 6.52. The fraction of sp³-hybridized carbons (Fsp3) is 0.500.